The van der Waals surface area contributed by atoms with Crippen LogP contribution in [0.15, 0.2) is 54.6 Å². The van der Waals surface area contributed by atoms with Crippen molar-refractivity contribution in [3.8, 4) is 0 Å². The molecular weight excluding hydrogens is 341 g/mol. The van der Waals surface area contributed by atoms with Crippen LogP contribution in [-0.2, 0) is 4.74 Å². The number of nitrogens with one attached hydrogen (secondary N) is 1. The Balaban J connectivity index is 0.00000169. The Labute approximate surface area is 155 Å². The van der Waals surface area contributed by atoms with E-state index in [1.165, 1.54) is 18.4 Å². The van der Waals surface area contributed by atoms with Crippen LogP contribution in [0.3, 0.4) is 0 Å². The first-order valence-electron chi connectivity index (χ1n) is 8.50. The summed E-state index contributed by atoms with van der Waals surface area (Å²) in [5.74, 6) is 0. The normalized spacial score (nSPS) is 26.6. The van der Waals surface area contributed by atoms with Gasteiger partial charge in [-0.15, -0.1) is 12.4 Å². The minimum absolute atomic E-state index is 0. The lowest BCUT2D eigenvalue weighted by Crippen LogP contribution is -2.41. The summed E-state index contributed by atoms with van der Waals surface area (Å²) in [5.41, 5.74) is 2.33. The van der Waals surface area contributed by atoms with Gasteiger partial charge in [-0.05, 0) is 48.9 Å². The number of fused-ring (bicyclic) bond motifs is 2. The highest BCUT2D eigenvalue weighted by Crippen LogP contribution is 2.35. The fraction of sp³-hybridized carbons (Fsp3) is 0.400. The molecule has 0 aromatic heterocycles. The fourth-order valence-electron chi connectivity index (χ4n) is 3.96. The summed E-state index contributed by atoms with van der Waals surface area (Å²) < 4.78 is 6.60. The van der Waals surface area contributed by atoms with Crippen LogP contribution in [0.2, 0.25) is 5.02 Å². The van der Waals surface area contributed by atoms with Crippen molar-refractivity contribution in [2.45, 2.75) is 50.0 Å². The Bertz CT molecular complexity index is 652. The molecule has 0 saturated carbocycles. The quantitative estimate of drug-likeness (QED) is 0.810. The number of hydrogen-bond donors (Lipinski definition) is 1. The van der Waals surface area contributed by atoms with E-state index in [9.17, 15) is 0 Å². The Morgan fingerprint density at radius 2 is 1.58 bits per heavy atom. The van der Waals surface area contributed by atoms with E-state index in [1.54, 1.807) is 0 Å². The first kappa shape index (κ1) is 17.8. The number of benzene rings is 2. The first-order valence-corrected chi connectivity index (χ1v) is 8.87. The van der Waals surface area contributed by atoms with E-state index >= 15 is 0 Å². The molecule has 3 atom stereocenters. The van der Waals surface area contributed by atoms with E-state index in [2.05, 4.69) is 35.6 Å². The fourth-order valence-corrected chi connectivity index (χ4v) is 4.15. The zero-order valence-corrected chi connectivity index (χ0v) is 15.1. The monoisotopic (exact) mass is 363 g/mol. The Hall–Kier alpha value is -1.06. The van der Waals surface area contributed by atoms with Crippen molar-refractivity contribution in [2.24, 2.45) is 0 Å². The molecule has 2 saturated heterocycles. The molecule has 1 N–H and O–H groups in total. The highest BCUT2D eigenvalue weighted by molar-refractivity contribution is 6.30. The average Bonchev–Trinajstić information content (AvgIpc) is 2.92. The Morgan fingerprint density at radius 1 is 0.917 bits per heavy atom. The maximum atomic E-state index is 6.60. The molecule has 24 heavy (non-hydrogen) atoms. The second-order valence-electron chi connectivity index (χ2n) is 6.71. The molecule has 2 aromatic carbocycles. The van der Waals surface area contributed by atoms with Crippen LogP contribution in [0.25, 0.3) is 0 Å². The van der Waals surface area contributed by atoms with Crippen molar-refractivity contribution < 1.29 is 4.74 Å². The number of piperidine rings is 1. The molecule has 0 spiro atoms. The van der Waals surface area contributed by atoms with Crippen molar-refractivity contribution >= 4 is 24.0 Å². The third-order valence-corrected chi connectivity index (χ3v) is 5.25. The van der Waals surface area contributed by atoms with E-state index in [4.69, 9.17) is 16.3 Å². The summed E-state index contributed by atoms with van der Waals surface area (Å²) in [6.07, 6.45) is 5.08. The number of halogens is 2. The van der Waals surface area contributed by atoms with Gasteiger partial charge in [0.25, 0.3) is 0 Å². The lowest BCUT2D eigenvalue weighted by Gasteiger charge is -2.32. The second-order valence-corrected chi connectivity index (χ2v) is 7.15. The molecule has 2 aliphatic heterocycles. The predicted molar refractivity (Wildman–Crippen MR) is 101 cm³/mol. The number of rotatable bonds is 4. The van der Waals surface area contributed by atoms with Crippen LogP contribution < -0.4 is 5.32 Å². The third kappa shape index (κ3) is 3.94. The van der Waals surface area contributed by atoms with Crippen LogP contribution in [0, 0.1) is 0 Å². The summed E-state index contributed by atoms with van der Waals surface area (Å²) >= 11 is 6.21. The van der Waals surface area contributed by atoms with E-state index in [0.717, 1.165) is 23.4 Å². The summed E-state index contributed by atoms with van der Waals surface area (Å²) in [5, 5.41) is 4.44. The van der Waals surface area contributed by atoms with Crippen LogP contribution >= 0.6 is 24.0 Å². The summed E-state index contributed by atoms with van der Waals surface area (Å²) in [6, 6.07) is 19.8. The molecule has 2 bridgehead atoms. The first-order chi connectivity index (χ1) is 11.3. The lowest BCUT2D eigenvalue weighted by atomic mass is 9.98. The highest BCUT2D eigenvalue weighted by atomic mass is 35.5. The number of ether oxygens (including phenoxy) is 1. The van der Waals surface area contributed by atoms with Gasteiger partial charge < -0.3 is 10.1 Å². The van der Waals surface area contributed by atoms with Gasteiger partial charge in [0.2, 0.25) is 0 Å². The summed E-state index contributed by atoms with van der Waals surface area (Å²) in [7, 11) is 0. The van der Waals surface area contributed by atoms with Crippen molar-refractivity contribution in [1.82, 2.24) is 5.32 Å². The zero-order valence-electron chi connectivity index (χ0n) is 13.5. The second kappa shape index (κ2) is 7.88. The van der Waals surface area contributed by atoms with Gasteiger partial charge in [-0.3, -0.25) is 0 Å². The van der Waals surface area contributed by atoms with Crippen molar-refractivity contribution in [2.75, 3.05) is 0 Å². The zero-order chi connectivity index (χ0) is 15.6. The van der Waals surface area contributed by atoms with Gasteiger partial charge >= 0.3 is 0 Å². The highest BCUT2D eigenvalue weighted by Gasteiger charge is 2.35. The van der Waals surface area contributed by atoms with Gasteiger partial charge in [-0.2, -0.15) is 0 Å². The average molecular weight is 364 g/mol. The van der Waals surface area contributed by atoms with Gasteiger partial charge in [-0.25, -0.2) is 0 Å². The minimum atomic E-state index is -0.0441. The third-order valence-electron chi connectivity index (χ3n) is 5.01. The maximum Gasteiger partial charge on any atom is 0.108 e. The maximum absolute atomic E-state index is 6.60. The van der Waals surface area contributed by atoms with Crippen molar-refractivity contribution in [1.29, 1.82) is 0 Å². The van der Waals surface area contributed by atoms with Crippen molar-refractivity contribution in [3.63, 3.8) is 0 Å². The van der Waals surface area contributed by atoms with E-state index in [0.29, 0.717) is 18.2 Å². The summed E-state index contributed by atoms with van der Waals surface area (Å²) in [4.78, 5) is 0. The molecular formula is C20H23Cl2NO. The van der Waals surface area contributed by atoms with Gasteiger partial charge in [-0.1, -0.05) is 54.1 Å². The van der Waals surface area contributed by atoms with Gasteiger partial charge in [0.1, 0.15) is 6.10 Å². The van der Waals surface area contributed by atoms with Gasteiger partial charge in [0, 0.05) is 17.1 Å². The van der Waals surface area contributed by atoms with Gasteiger partial charge in [0.05, 0.1) is 6.10 Å². The smallest absolute Gasteiger partial charge is 0.108 e. The molecule has 128 valence electrons. The molecule has 0 aliphatic carbocycles. The molecule has 4 rings (SSSR count). The van der Waals surface area contributed by atoms with Crippen LogP contribution in [0.4, 0.5) is 0 Å². The topological polar surface area (TPSA) is 21.3 Å². The molecule has 4 heteroatoms. The molecule has 2 nitrogen and oxygen atoms in total. The van der Waals surface area contributed by atoms with Crippen LogP contribution in [0.5, 0.6) is 0 Å². The molecule has 2 aliphatic rings. The lowest BCUT2D eigenvalue weighted by molar-refractivity contribution is -0.0181. The van der Waals surface area contributed by atoms with Gasteiger partial charge in [0.15, 0.2) is 0 Å². The SMILES string of the molecule is Cl.Clc1cccc(C(OC2CC3CCC(C2)N3)c2ccccc2)c1. The van der Waals surface area contributed by atoms with Crippen LogP contribution in [0.1, 0.15) is 42.9 Å². The van der Waals surface area contributed by atoms with E-state index < -0.39 is 0 Å². The molecule has 2 heterocycles. The predicted octanol–water partition coefficient (Wildman–Crippen LogP) is 5.15. The minimum Gasteiger partial charge on any atom is -0.365 e. The molecule has 0 radical (unpaired) electrons. The molecule has 3 unspecified atom stereocenters. The Kier molecular flexibility index (Phi) is 5.83. The van der Waals surface area contributed by atoms with Crippen LogP contribution in [-0.4, -0.2) is 18.2 Å². The van der Waals surface area contributed by atoms with E-state index in [-0.39, 0.29) is 18.5 Å². The Morgan fingerprint density at radius 3 is 2.25 bits per heavy atom. The standard InChI is InChI=1S/C20H22ClNO.ClH/c21-16-8-4-7-15(11-16)20(14-5-2-1-3-6-14)23-19-12-17-9-10-18(13-19)22-17;/h1-8,11,17-20,22H,9-10,12-13H2;1H. The molecule has 0 amide bonds. The number of hydrogen-bond acceptors (Lipinski definition) is 2. The molecule has 2 aromatic rings. The van der Waals surface area contributed by atoms with E-state index in [1.807, 2.05) is 24.3 Å². The van der Waals surface area contributed by atoms with Crippen molar-refractivity contribution in [3.05, 3.63) is 70.7 Å². The molecule has 2 fully saturated rings. The largest absolute Gasteiger partial charge is 0.365 e. The summed E-state index contributed by atoms with van der Waals surface area (Å²) in [6.45, 7) is 0.